The minimum Gasteiger partial charge on any atom is -0.354 e. The van der Waals surface area contributed by atoms with Crippen molar-refractivity contribution in [3.8, 4) is 0 Å². The Hall–Kier alpha value is 0.930. The molecule has 1 heterocycles. The summed E-state index contributed by atoms with van der Waals surface area (Å²) in [4.78, 5) is 10.9. The molecule has 0 spiro atoms. The zero-order valence-electron chi connectivity index (χ0n) is 5.49. The molecule has 0 aromatic heterocycles. The largest absolute Gasteiger partial charge is 0.354 e. The Labute approximate surface area is 87.8 Å². The summed E-state index contributed by atoms with van der Waals surface area (Å²) in [6, 6.07) is 0. The number of nitrogens with one attached hydrogen (secondary N) is 1. The lowest BCUT2D eigenvalue weighted by atomic mass is 10.2. The van der Waals surface area contributed by atoms with Gasteiger partial charge < -0.3 is 5.32 Å². The number of carbonyl (C=O) groups is 1. The summed E-state index contributed by atoms with van der Waals surface area (Å²) < 4.78 is 0.252. The molecule has 0 unspecified atom stereocenters. The van der Waals surface area contributed by atoms with Crippen molar-refractivity contribution in [1.82, 2.24) is 5.32 Å². The highest BCUT2D eigenvalue weighted by Crippen LogP contribution is 2.33. The van der Waals surface area contributed by atoms with Gasteiger partial charge in [0, 0.05) is 13.0 Å². The Balaban J connectivity index is 2.48. The Morgan fingerprint density at radius 2 is 2.20 bits per heavy atom. The molecule has 1 amide bonds. The zero-order valence-corrected chi connectivity index (χ0v) is 9.81. The van der Waals surface area contributed by atoms with E-state index in [9.17, 15) is 4.79 Å². The number of hydrogen-bond donors (Lipinski definition) is 1. The van der Waals surface area contributed by atoms with E-state index in [1.165, 1.54) is 0 Å². The lowest BCUT2D eigenvalue weighted by Gasteiger charge is -2.16. The zero-order chi connectivity index (χ0) is 7.61. The van der Waals surface area contributed by atoms with E-state index in [1.807, 2.05) is 0 Å². The second-order valence-corrected chi connectivity index (χ2v) is 8.68. The molecule has 1 saturated heterocycles. The van der Waals surface area contributed by atoms with Crippen molar-refractivity contribution in [2.45, 2.75) is 20.7 Å². The van der Waals surface area contributed by atoms with Crippen molar-refractivity contribution in [3.63, 3.8) is 0 Å². The van der Waals surface area contributed by atoms with Crippen LogP contribution in [0.3, 0.4) is 0 Å². The van der Waals surface area contributed by atoms with Gasteiger partial charge in [-0.25, -0.2) is 0 Å². The number of hydrogen-bond acceptors (Lipinski definition) is 1. The van der Waals surface area contributed by atoms with Crippen LogP contribution in [-0.2, 0) is 4.79 Å². The summed E-state index contributed by atoms with van der Waals surface area (Å²) >= 11 is 4.80. The minimum absolute atomic E-state index is 0.204. The van der Waals surface area contributed by atoms with Gasteiger partial charge in [-0.05, 0) is 12.8 Å². The number of carbonyl (C=O) groups excluding carboxylic acids is 1. The van der Waals surface area contributed by atoms with E-state index in [1.54, 1.807) is 0 Å². The van der Waals surface area contributed by atoms with E-state index >= 15 is 0 Å². The first-order chi connectivity index (χ1) is 4.60. The monoisotopic (exact) mass is 365 g/mol. The Bertz CT molecular complexity index is 147. The summed E-state index contributed by atoms with van der Waals surface area (Å²) in [6.07, 6.45) is 2.86. The van der Waals surface area contributed by atoms with Gasteiger partial charge in [-0.2, -0.15) is 0 Å². The molecule has 1 N–H and O–H groups in total. The molecule has 0 saturated carbocycles. The first-order valence-electron chi connectivity index (χ1n) is 3.25. The third kappa shape index (κ3) is 2.89. The highest BCUT2D eigenvalue weighted by molar-refractivity contribution is 14.2. The van der Waals surface area contributed by atoms with Crippen LogP contribution in [0.15, 0.2) is 0 Å². The number of amides is 1. The second-order valence-electron chi connectivity index (χ2n) is 2.49. The van der Waals surface area contributed by atoms with Gasteiger partial charge in [0.05, 0.1) is 1.43 Å². The van der Waals surface area contributed by atoms with Crippen LogP contribution in [0.2, 0.25) is 0 Å². The summed E-state index contributed by atoms with van der Waals surface area (Å²) in [5.74, 6) is 0.204. The highest BCUT2D eigenvalue weighted by atomic mass is 127. The van der Waals surface area contributed by atoms with Crippen LogP contribution in [0.4, 0.5) is 0 Å². The first-order valence-corrected chi connectivity index (χ1v) is 5.40. The maximum Gasteiger partial charge on any atom is 0.220 e. The first kappa shape index (κ1) is 9.02. The Morgan fingerprint density at radius 3 is 2.90 bits per heavy atom. The molecule has 0 atom stereocenters. The molecule has 58 valence electrons. The average Bonchev–Trinajstić information content (AvgIpc) is 1.94. The smallest absolute Gasteiger partial charge is 0.220 e. The molecule has 0 aliphatic carbocycles. The Morgan fingerprint density at radius 1 is 1.50 bits per heavy atom. The van der Waals surface area contributed by atoms with E-state index in [0.717, 1.165) is 19.4 Å². The Kier molecular flexibility index (Phi) is 3.20. The van der Waals surface area contributed by atoms with Crippen molar-refractivity contribution < 1.29 is 4.79 Å². The van der Waals surface area contributed by atoms with E-state index in [-0.39, 0.29) is 7.34 Å². The standard InChI is InChI=1S/C6H9I2NO/c7-6(8)3-1-2-5(10)9-4-6/h1-4H2,(H,9,10). The fourth-order valence-corrected chi connectivity index (χ4v) is 2.06. The summed E-state index contributed by atoms with van der Waals surface area (Å²) in [6.45, 7) is 0.812. The SMILES string of the molecule is O=C1CCCC(I)(I)CN1. The normalized spacial score (nSPS) is 25.2. The fraction of sp³-hybridized carbons (Fsp3) is 0.833. The van der Waals surface area contributed by atoms with Gasteiger partial charge in [0.1, 0.15) is 0 Å². The number of rotatable bonds is 0. The molecule has 1 fully saturated rings. The van der Waals surface area contributed by atoms with Crippen LogP contribution in [0.25, 0.3) is 0 Å². The third-order valence-electron chi connectivity index (χ3n) is 1.49. The minimum atomic E-state index is 0.204. The van der Waals surface area contributed by atoms with Crippen LogP contribution >= 0.6 is 45.2 Å². The van der Waals surface area contributed by atoms with Gasteiger partial charge >= 0.3 is 0 Å². The van der Waals surface area contributed by atoms with E-state index in [0.29, 0.717) is 6.42 Å². The van der Waals surface area contributed by atoms with E-state index < -0.39 is 0 Å². The summed E-state index contributed by atoms with van der Waals surface area (Å²) in [5.41, 5.74) is 0. The average molecular weight is 365 g/mol. The quantitative estimate of drug-likeness (QED) is 0.516. The van der Waals surface area contributed by atoms with Crippen molar-refractivity contribution in [2.24, 2.45) is 0 Å². The van der Waals surface area contributed by atoms with Crippen molar-refractivity contribution in [1.29, 1.82) is 0 Å². The summed E-state index contributed by atoms with van der Waals surface area (Å²) in [5, 5.41) is 2.88. The molecule has 0 radical (unpaired) electrons. The van der Waals surface area contributed by atoms with E-state index in [4.69, 9.17) is 0 Å². The van der Waals surface area contributed by atoms with Crippen molar-refractivity contribution >= 4 is 51.1 Å². The maximum absolute atomic E-state index is 10.9. The molecule has 10 heavy (non-hydrogen) atoms. The van der Waals surface area contributed by atoms with Crippen LogP contribution in [0.1, 0.15) is 19.3 Å². The maximum atomic E-state index is 10.9. The van der Waals surface area contributed by atoms with Crippen LogP contribution in [-0.4, -0.2) is 13.9 Å². The van der Waals surface area contributed by atoms with Crippen molar-refractivity contribution in [3.05, 3.63) is 0 Å². The predicted octanol–water partition coefficient (Wildman–Crippen LogP) is 1.85. The van der Waals surface area contributed by atoms with E-state index in [2.05, 4.69) is 50.5 Å². The molecule has 0 aromatic rings. The van der Waals surface area contributed by atoms with Gasteiger partial charge in [-0.15, -0.1) is 0 Å². The molecule has 4 heteroatoms. The molecule has 1 rings (SSSR count). The lowest BCUT2D eigenvalue weighted by molar-refractivity contribution is -0.120. The molecule has 1 aliphatic heterocycles. The lowest BCUT2D eigenvalue weighted by Crippen LogP contribution is -2.30. The number of halogens is 2. The van der Waals surface area contributed by atoms with Gasteiger partial charge in [0.25, 0.3) is 0 Å². The molecular weight excluding hydrogens is 356 g/mol. The van der Waals surface area contributed by atoms with Crippen LogP contribution in [0, 0.1) is 0 Å². The predicted molar refractivity (Wildman–Crippen MR) is 57.6 cm³/mol. The third-order valence-corrected chi connectivity index (χ3v) is 3.33. The molecule has 0 bridgehead atoms. The topological polar surface area (TPSA) is 29.1 Å². The van der Waals surface area contributed by atoms with Gasteiger partial charge in [0.2, 0.25) is 5.91 Å². The van der Waals surface area contributed by atoms with Gasteiger partial charge in [-0.3, -0.25) is 4.79 Å². The highest BCUT2D eigenvalue weighted by Gasteiger charge is 2.25. The molecule has 0 aromatic carbocycles. The fourth-order valence-electron chi connectivity index (χ4n) is 0.912. The summed E-state index contributed by atoms with van der Waals surface area (Å²) in [7, 11) is 0. The second kappa shape index (κ2) is 3.55. The van der Waals surface area contributed by atoms with Crippen LogP contribution in [0.5, 0.6) is 0 Å². The van der Waals surface area contributed by atoms with Gasteiger partial charge in [-0.1, -0.05) is 45.2 Å². The molecular formula is C6H9I2NO. The number of alkyl halides is 2. The molecule has 2 nitrogen and oxygen atoms in total. The van der Waals surface area contributed by atoms with Crippen molar-refractivity contribution in [2.75, 3.05) is 6.54 Å². The molecule has 1 aliphatic rings. The van der Waals surface area contributed by atoms with Gasteiger partial charge in [0.15, 0.2) is 0 Å². The van der Waals surface area contributed by atoms with Crippen LogP contribution < -0.4 is 5.32 Å².